The molecule has 4 rings (SSSR count). The second kappa shape index (κ2) is 13.7. The molecule has 0 aliphatic carbocycles. The van der Waals surface area contributed by atoms with E-state index in [2.05, 4.69) is 27.5 Å². The smallest absolute Gasteiger partial charge is 0.406 e. The van der Waals surface area contributed by atoms with Crippen LogP contribution in [0, 0.1) is 11.8 Å². The molecule has 1 fully saturated rings. The number of carbonyl (C=O) groups is 1. The molecule has 11 nitrogen and oxygen atoms in total. The van der Waals surface area contributed by atoms with Gasteiger partial charge in [0.1, 0.15) is 27.6 Å². The molecule has 45 heavy (non-hydrogen) atoms. The van der Waals surface area contributed by atoms with Crippen molar-refractivity contribution >= 4 is 42.3 Å². The fraction of sp³-hybridized carbons (Fsp3) is 0.448. The Hall–Kier alpha value is -3.81. The first kappa shape index (κ1) is 34.1. The van der Waals surface area contributed by atoms with Crippen molar-refractivity contribution in [2.75, 3.05) is 56.9 Å². The van der Waals surface area contributed by atoms with Crippen LogP contribution in [0.5, 0.6) is 5.75 Å². The van der Waals surface area contributed by atoms with E-state index in [9.17, 15) is 34.8 Å². The molecule has 2 aromatic carbocycles. The van der Waals surface area contributed by atoms with Crippen molar-refractivity contribution in [2.45, 2.75) is 36.5 Å². The number of hydrogen-bond acceptors (Lipinski definition) is 9. The van der Waals surface area contributed by atoms with Gasteiger partial charge >= 0.3 is 6.18 Å². The van der Waals surface area contributed by atoms with E-state index < -0.39 is 38.3 Å². The molecule has 16 heteroatoms. The maximum Gasteiger partial charge on any atom is 0.406 e. The topological polar surface area (TPSA) is 140 Å². The van der Waals surface area contributed by atoms with Crippen molar-refractivity contribution in [1.82, 2.24) is 19.8 Å². The van der Waals surface area contributed by atoms with Crippen LogP contribution in [0.2, 0.25) is 0 Å². The third-order valence-corrected chi connectivity index (χ3v) is 9.25. The van der Waals surface area contributed by atoms with Gasteiger partial charge in [-0.25, -0.2) is 21.8 Å². The highest BCUT2D eigenvalue weighted by Gasteiger charge is 2.30. The molecule has 2 N–H and O–H groups in total. The number of rotatable bonds is 10. The molecule has 1 aliphatic heterocycles. The molecule has 0 saturated carbocycles. The molecule has 1 aromatic heterocycles. The van der Waals surface area contributed by atoms with Crippen LogP contribution in [-0.2, 0) is 26.2 Å². The van der Waals surface area contributed by atoms with E-state index >= 15 is 0 Å². The summed E-state index contributed by atoms with van der Waals surface area (Å²) in [4.78, 5) is 19.6. The van der Waals surface area contributed by atoms with E-state index in [1.807, 2.05) is 4.90 Å². The van der Waals surface area contributed by atoms with Crippen LogP contribution in [0.3, 0.4) is 0 Å². The van der Waals surface area contributed by atoms with E-state index in [0.717, 1.165) is 17.2 Å². The number of imidazole rings is 1. The average molecular weight is 670 g/mol. The predicted molar refractivity (Wildman–Crippen MR) is 164 cm³/mol. The molecule has 0 radical (unpaired) electrons. The second-order valence-corrected chi connectivity index (χ2v) is 15.2. The van der Waals surface area contributed by atoms with Crippen LogP contribution in [0.25, 0.3) is 11.0 Å². The van der Waals surface area contributed by atoms with Crippen molar-refractivity contribution in [3.8, 4) is 17.6 Å². The number of carbonyl (C=O) groups excluding carboxylic acids is 1. The molecule has 0 unspecified atom stereocenters. The highest BCUT2D eigenvalue weighted by atomic mass is 32.2. The van der Waals surface area contributed by atoms with Crippen LogP contribution >= 0.6 is 0 Å². The molecule has 1 saturated heterocycles. The summed E-state index contributed by atoms with van der Waals surface area (Å²) in [5.74, 6) is 5.67. The first-order chi connectivity index (χ1) is 21.0. The number of amides is 1. The van der Waals surface area contributed by atoms with Crippen LogP contribution in [-0.4, -0.2) is 101 Å². The van der Waals surface area contributed by atoms with E-state index in [1.165, 1.54) is 43.7 Å². The minimum Gasteiger partial charge on any atom is -0.495 e. The van der Waals surface area contributed by atoms with Gasteiger partial charge in [-0.3, -0.25) is 4.79 Å². The van der Waals surface area contributed by atoms with Gasteiger partial charge in [0.2, 0.25) is 0 Å². The zero-order chi connectivity index (χ0) is 33.0. The van der Waals surface area contributed by atoms with Crippen LogP contribution < -0.4 is 15.4 Å². The lowest BCUT2D eigenvalue weighted by molar-refractivity contribution is -0.139. The first-order valence-electron chi connectivity index (χ1n) is 13.9. The lowest BCUT2D eigenvalue weighted by atomic mass is 10.0. The molecule has 0 atom stereocenters. The lowest BCUT2D eigenvalue weighted by Gasteiger charge is -2.32. The van der Waals surface area contributed by atoms with E-state index in [4.69, 9.17) is 4.74 Å². The standard InChI is InChI=1S/C29H34F3N5O6S2/c1-43-26-7-6-22(45(3,41)42)17-24(26)33-10-4-5-20-15-23(27-25(16-20)37(19-34-27)18-29(30,31)32)28(38)35-21-8-11-36(12-9-21)13-14-44(2,39)40/h6-7,15-17,19,21,33H,8-14,18H2,1-3H3,(H,35,38). The molecule has 1 amide bonds. The van der Waals surface area contributed by atoms with E-state index in [0.29, 0.717) is 43.9 Å². The normalized spacial score (nSPS) is 15.0. The Morgan fingerprint density at radius 3 is 2.44 bits per heavy atom. The van der Waals surface area contributed by atoms with Gasteiger partial charge < -0.3 is 24.8 Å². The van der Waals surface area contributed by atoms with E-state index in [-0.39, 0.29) is 45.4 Å². The minimum atomic E-state index is -4.52. The summed E-state index contributed by atoms with van der Waals surface area (Å²) in [6.07, 6.45) is -0.0621. The zero-order valence-electron chi connectivity index (χ0n) is 24.9. The van der Waals surface area contributed by atoms with Crippen molar-refractivity contribution in [2.24, 2.45) is 0 Å². The van der Waals surface area contributed by atoms with Crippen LogP contribution in [0.1, 0.15) is 28.8 Å². The van der Waals surface area contributed by atoms with Crippen LogP contribution in [0.15, 0.2) is 41.6 Å². The summed E-state index contributed by atoms with van der Waals surface area (Å²) < 4.78 is 92.9. The maximum absolute atomic E-state index is 13.4. The lowest BCUT2D eigenvalue weighted by Crippen LogP contribution is -2.45. The molecular formula is C29H34F3N5O6S2. The van der Waals surface area contributed by atoms with Gasteiger partial charge in [-0.05, 0) is 43.2 Å². The number of piperidine rings is 1. The molecule has 3 aromatic rings. The van der Waals surface area contributed by atoms with Gasteiger partial charge in [0.15, 0.2) is 9.84 Å². The fourth-order valence-corrected chi connectivity index (χ4v) is 6.17. The number of sulfone groups is 2. The highest BCUT2D eigenvalue weighted by molar-refractivity contribution is 7.91. The summed E-state index contributed by atoms with van der Waals surface area (Å²) in [6.45, 7) is 0.315. The van der Waals surface area contributed by atoms with Gasteiger partial charge in [-0.1, -0.05) is 11.8 Å². The number of benzene rings is 2. The van der Waals surface area contributed by atoms with Crippen molar-refractivity contribution in [1.29, 1.82) is 0 Å². The second-order valence-electron chi connectivity index (χ2n) is 10.9. The van der Waals surface area contributed by atoms with Crippen molar-refractivity contribution in [3.63, 3.8) is 0 Å². The number of fused-ring (bicyclic) bond motifs is 1. The third kappa shape index (κ3) is 9.59. The Kier molecular flexibility index (Phi) is 10.4. The maximum atomic E-state index is 13.4. The van der Waals surface area contributed by atoms with Crippen molar-refractivity contribution in [3.05, 3.63) is 47.8 Å². The number of ether oxygens (including phenoxy) is 1. The first-order valence-corrected chi connectivity index (χ1v) is 17.8. The van der Waals surface area contributed by atoms with Crippen LogP contribution in [0.4, 0.5) is 18.9 Å². The Morgan fingerprint density at radius 1 is 1.11 bits per heavy atom. The van der Waals surface area contributed by atoms with Crippen molar-refractivity contribution < 1.29 is 39.5 Å². The Bertz CT molecular complexity index is 1840. The minimum absolute atomic E-state index is 0.0306. The largest absolute Gasteiger partial charge is 0.495 e. The number of aromatic nitrogens is 2. The zero-order valence-corrected chi connectivity index (χ0v) is 26.6. The monoisotopic (exact) mass is 669 g/mol. The molecule has 2 heterocycles. The Labute approximate surface area is 260 Å². The van der Waals surface area contributed by atoms with Gasteiger partial charge in [0.05, 0.1) is 47.4 Å². The quantitative estimate of drug-likeness (QED) is 0.312. The summed E-state index contributed by atoms with van der Waals surface area (Å²) >= 11 is 0. The fourth-order valence-electron chi connectivity index (χ4n) is 4.93. The van der Waals surface area contributed by atoms with Gasteiger partial charge in [-0.15, -0.1) is 0 Å². The van der Waals surface area contributed by atoms with Gasteiger partial charge in [0, 0.05) is 43.8 Å². The summed E-state index contributed by atoms with van der Waals surface area (Å²) in [6, 6.07) is 7.03. The molecule has 1 aliphatic rings. The number of halogens is 3. The van der Waals surface area contributed by atoms with Gasteiger partial charge in [0.25, 0.3) is 5.91 Å². The van der Waals surface area contributed by atoms with E-state index in [1.54, 1.807) is 0 Å². The SMILES string of the molecule is COc1ccc(S(C)(=O)=O)cc1NCC#Cc1cc(C(=O)NC2CCN(CCS(C)(=O)=O)CC2)c2ncn(CC(F)(F)F)c2c1. The average Bonchev–Trinajstić information content (AvgIpc) is 3.34. The number of methoxy groups -OCH3 is 1. The summed E-state index contributed by atoms with van der Waals surface area (Å²) in [7, 11) is -5.14. The molecule has 0 spiro atoms. The summed E-state index contributed by atoms with van der Waals surface area (Å²) in [5.41, 5.74) is 0.943. The number of alkyl halides is 3. The molecular weight excluding hydrogens is 635 g/mol. The number of hydrogen-bond donors (Lipinski definition) is 2. The molecule has 244 valence electrons. The number of anilines is 1. The number of nitrogens with zero attached hydrogens (tertiary/aromatic N) is 3. The third-order valence-electron chi connectivity index (χ3n) is 7.22. The number of likely N-dealkylation sites (tertiary alicyclic amines) is 1. The number of nitrogens with one attached hydrogen (secondary N) is 2. The summed E-state index contributed by atoms with van der Waals surface area (Å²) in [5, 5.41) is 5.93. The highest BCUT2D eigenvalue weighted by Crippen LogP contribution is 2.28. The predicted octanol–water partition coefficient (Wildman–Crippen LogP) is 2.71. The van der Waals surface area contributed by atoms with Gasteiger partial charge in [-0.2, -0.15) is 13.2 Å². The Morgan fingerprint density at radius 2 is 1.82 bits per heavy atom. The molecule has 0 bridgehead atoms. The Balaban J connectivity index is 1.55.